The molecule has 1 atom stereocenters. The first-order valence-electron chi connectivity index (χ1n) is 4.25. The van der Waals surface area contributed by atoms with Gasteiger partial charge in [-0.25, -0.2) is 4.98 Å². The molecule has 0 aliphatic carbocycles. The van der Waals surface area contributed by atoms with Gasteiger partial charge in [0.25, 0.3) is 0 Å². The molecule has 1 saturated heterocycles. The fraction of sp³-hybridized carbons (Fsp3) is 0.250. The van der Waals surface area contributed by atoms with Crippen molar-refractivity contribution in [3.05, 3.63) is 30.2 Å². The van der Waals surface area contributed by atoms with Crippen molar-refractivity contribution in [1.29, 1.82) is 0 Å². The molecule has 6 heteroatoms. The topological polar surface area (TPSA) is 69.0 Å². The second-order valence-electron chi connectivity index (χ2n) is 3.00. The molecule has 1 aliphatic heterocycles. The minimum atomic E-state index is 0.159. The van der Waals surface area contributed by atoms with Gasteiger partial charge in [0.15, 0.2) is 5.82 Å². The average Bonchev–Trinajstić information content (AvgIpc) is 2.94. The lowest BCUT2D eigenvalue weighted by Crippen LogP contribution is -2.00. The Hall–Kier alpha value is -1.82. The van der Waals surface area contributed by atoms with Crippen molar-refractivity contribution in [2.24, 2.45) is 0 Å². The van der Waals surface area contributed by atoms with Crippen LogP contribution in [0.1, 0.15) is 11.8 Å². The second-order valence-corrected chi connectivity index (χ2v) is 3.00. The number of pyridine rings is 1. The summed E-state index contributed by atoms with van der Waals surface area (Å²) >= 11 is 0. The summed E-state index contributed by atoms with van der Waals surface area (Å²) < 4.78 is 6.66. The van der Waals surface area contributed by atoms with E-state index in [1.165, 1.54) is 11.0 Å². The Morgan fingerprint density at radius 3 is 3.07 bits per heavy atom. The van der Waals surface area contributed by atoms with Gasteiger partial charge in [0.2, 0.25) is 0 Å². The highest BCUT2D eigenvalue weighted by Gasteiger charge is 2.26. The van der Waals surface area contributed by atoms with Crippen molar-refractivity contribution < 1.29 is 4.74 Å². The quantitative estimate of drug-likeness (QED) is 0.628. The lowest BCUT2D eigenvalue weighted by Gasteiger charge is -1.99. The van der Waals surface area contributed by atoms with Crippen LogP contribution < -0.4 is 0 Å². The highest BCUT2D eigenvalue weighted by Crippen LogP contribution is 2.28. The monoisotopic (exact) mass is 189 g/mol. The summed E-state index contributed by atoms with van der Waals surface area (Å²) in [7, 11) is 0. The van der Waals surface area contributed by atoms with E-state index in [1.54, 1.807) is 0 Å². The maximum atomic E-state index is 5.14. The Kier molecular flexibility index (Phi) is 1.54. The SMILES string of the molecule is c1cc(C2CO2)nc(-n2cnnn2)c1. The fourth-order valence-corrected chi connectivity index (χ4v) is 1.23. The van der Waals surface area contributed by atoms with Crippen molar-refractivity contribution in [2.75, 3.05) is 6.61 Å². The number of ether oxygens (including phenoxy) is 1. The minimum absolute atomic E-state index is 0.159. The molecule has 70 valence electrons. The van der Waals surface area contributed by atoms with Crippen LogP contribution in [0.25, 0.3) is 5.82 Å². The Morgan fingerprint density at radius 1 is 1.43 bits per heavy atom. The Bertz CT molecular complexity index is 437. The zero-order valence-electron chi connectivity index (χ0n) is 7.24. The van der Waals surface area contributed by atoms with Gasteiger partial charge in [-0.2, -0.15) is 4.68 Å². The third-order valence-electron chi connectivity index (χ3n) is 2.00. The van der Waals surface area contributed by atoms with Crippen molar-refractivity contribution >= 4 is 0 Å². The molecule has 14 heavy (non-hydrogen) atoms. The van der Waals surface area contributed by atoms with E-state index in [0.717, 1.165) is 12.3 Å². The van der Waals surface area contributed by atoms with Crippen molar-refractivity contribution in [1.82, 2.24) is 25.2 Å². The zero-order valence-corrected chi connectivity index (χ0v) is 7.24. The zero-order chi connectivity index (χ0) is 9.38. The van der Waals surface area contributed by atoms with Gasteiger partial charge in [0, 0.05) is 0 Å². The molecule has 0 bridgehead atoms. The number of hydrogen-bond donors (Lipinski definition) is 0. The third-order valence-corrected chi connectivity index (χ3v) is 2.00. The molecule has 2 aromatic heterocycles. The molecule has 0 spiro atoms. The molecule has 1 unspecified atom stereocenters. The van der Waals surface area contributed by atoms with E-state index in [-0.39, 0.29) is 6.10 Å². The van der Waals surface area contributed by atoms with Crippen LogP contribution in [0.2, 0.25) is 0 Å². The lowest BCUT2D eigenvalue weighted by molar-refractivity contribution is 0.411. The van der Waals surface area contributed by atoms with Gasteiger partial charge in [-0.3, -0.25) is 0 Å². The van der Waals surface area contributed by atoms with Crippen molar-refractivity contribution in [3.8, 4) is 5.82 Å². The molecule has 3 heterocycles. The van der Waals surface area contributed by atoms with Crippen LogP contribution in [-0.2, 0) is 4.74 Å². The van der Waals surface area contributed by atoms with E-state index >= 15 is 0 Å². The molecule has 0 N–H and O–H groups in total. The van der Waals surface area contributed by atoms with Crippen LogP contribution in [0.4, 0.5) is 0 Å². The van der Waals surface area contributed by atoms with Gasteiger partial charge >= 0.3 is 0 Å². The number of hydrogen-bond acceptors (Lipinski definition) is 5. The molecule has 1 aliphatic rings. The minimum Gasteiger partial charge on any atom is -0.366 e. The van der Waals surface area contributed by atoms with Gasteiger partial charge in [0.05, 0.1) is 12.3 Å². The molecular weight excluding hydrogens is 182 g/mol. The van der Waals surface area contributed by atoms with Crippen LogP contribution in [0.3, 0.4) is 0 Å². The summed E-state index contributed by atoms with van der Waals surface area (Å²) in [6.45, 7) is 0.756. The van der Waals surface area contributed by atoms with Gasteiger partial charge in [-0.1, -0.05) is 6.07 Å². The molecule has 2 aromatic rings. The van der Waals surface area contributed by atoms with Crippen LogP contribution in [-0.4, -0.2) is 31.8 Å². The second kappa shape index (κ2) is 2.85. The number of tetrazole rings is 1. The van der Waals surface area contributed by atoms with Crippen molar-refractivity contribution in [3.63, 3.8) is 0 Å². The van der Waals surface area contributed by atoms with Gasteiger partial charge in [-0.05, 0) is 22.6 Å². The average molecular weight is 189 g/mol. The van der Waals surface area contributed by atoms with Crippen LogP contribution in [0, 0.1) is 0 Å². The van der Waals surface area contributed by atoms with E-state index < -0.39 is 0 Å². The summed E-state index contributed by atoms with van der Waals surface area (Å²) in [5.74, 6) is 0.711. The predicted molar refractivity (Wildman–Crippen MR) is 45.6 cm³/mol. The lowest BCUT2D eigenvalue weighted by atomic mass is 10.3. The van der Waals surface area contributed by atoms with Crippen LogP contribution in [0.5, 0.6) is 0 Å². The van der Waals surface area contributed by atoms with Crippen molar-refractivity contribution in [2.45, 2.75) is 6.10 Å². The maximum Gasteiger partial charge on any atom is 0.157 e. The summed E-state index contributed by atoms with van der Waals surface area (Å²) in [5, 5.41) is 10.9. The first-order valence-corrected chi connectivity index (χ1v) is 4.25. The normalized spacial score (nSPS) is 19.6. The summed E-state index contributed by atoms with van der Waals surface area (Å²) in [5.41, 5.74) is 0.929. The number of nitrogens with zero attached hydrogens (tertiary/aromatic N) is 5. The predicted octanol–water partition coefficient (Wildman–Crippen LogP) is 0.129. The molecule has 6 nitrogen and oxygen atoms in total. The Morgan fingerprint density at radius 2 is 2.36 bits per heavy atom. The van der Waals surface area contributed by atoms with E-state index in [0.29, 0.717) is 5.82 Å². The molecule has 1 fully saturated rings. The maximum absolute atomic E-state index is 5.14. The highest BCUT2D eigenvalue weighted by molar-refractivity contribution is 5.24. The van der Waals surface area contributed by atoms with E-state index in [4.69, 9.17) is 4.74 Å². The summed E-state index contributed by atoms with van der Waals surface area (Å²) in [6, 6.07) is 5.70. The number of aromatic nitrogens is 5. The number of epoxide rings is 1. The Balaban J connectivity index is 2.02. The first kappa shape index (κ1) is 7.57. The van der Waals surface area contributed by atoms with E-state index in [1.807, 2.05) is 18.2 Å². The highest BCUT2D eigenvalue weighted by atomic mass is 16.6. The Labute approximate surface area is 79.5 Å². The molecule has 0 aromatic carbocycles. The third kappa shape index (κ3) is 1.25. The molecule has 0 amide bonds. The smallest absolute Gasteiger partial charge is 0.157 e. The van der Waals surface area contributed by atoms with E-state index in [9.17, 15) is 0 Å². The largest absolute Gasteiger partial charge is 0.366 e. The number of rotatable bonds is 2. The summed E-state index contributed by atoms with van der Waals surface area (Å²) in [6.07, 6.45) is 1.67. The van der Waals surface area contributed by atoms with E-state index in [2.05, 4.69) is 20.5 Å². The standard InChI is InChI=1S/C8H7N5O/c1-2-6(7-4-14-7)10-8(3-1)13-5-9-11-12-13/h1-3,5,7H,4H2. The van der Waals surface area contributed by atoms with Crippen LogP contribution >= 0.6 is 0 Å². The summed E-state index contributed by atoms with van der Waals surface area (Å²) in [4.78, 5) is 4.37. The van der Waals surface area contributed by atoms with Gasteiger partial charge in [-0.15, -0.1) is 5.10 Å². The van der Waals surface area contributed by atoms with Gasteiger partial charge < -0.3 is 4.74 Å². The molecular formula is C8H7N5O. The first-order chi connectivity index (χ1) is 6.93. The molecule has 0 saturated carbocycles. The fourth-order valence-electron chi connectivity index (χ4n) is 1.23. The van der Waals surface area contributed by atoms with Gasteiger partial charge in [0.1, 0.15) is 12.4 Å². The molecule has 3 rings (SSSR count). The molecule has 0 radical (unpaired) electrons. The van der Waals surface area contributed by atoms with Crippen LogP contribution in [0.15, 0.2) is 24.5 Å².